The van der Waals surface area contributed by atoms with Crippen LogP contribution in [-0.4, -0.2) is 17.5 Å². The maximum atomic E-state index is 3.58. The van der Waals surface area contributed by atoms with Crippen LogP contribution in [0.25, 0.3) is 0 Å². The van der Waals surface area contributed by atoms with Crippen molar-refractivity contribution >= 4 is 5.87 Å². The summed E-state index contributed by atoms with van der Waals surface area (Å²) in [6.07, 6.45) is 0. The van der Waals surface area contributed by atoms with E-state index in [0.29, 0.717) is 0 Å². The summed E-state index contributed by atoms with van der Waals surface area (Å²) in [6, 6.07) is 8.46. The van der Waals surface area contributed by atoms with Gasteiger partial charge in [-0.25, -0.2) is 0 Å². The molecule has 1 rings (SSSR count). The Labute approximate surface area is 73.7 Å². The second-order valence-corrected chi connectivity index (χ2v) is 3.00. The van der Waals surface area contributed by atoms with Crippen LogP contribution in [0.1, 0.15) is 11.1 Å². The van der Waals surface area contributed by atoms with Crippen molar-refractivity contribution in [3.8, 4) is 0 Å². The van der Waals surface area contributed by atoms with Gasteiger partial charge in [0.1, 0.15) is 7.05 Å². The van der Waals surface area contributed by atoms with Gasteiger partial charge in [-0.3, -0.25) is 0 Å². The zero-order valence-corrected chi connectivity index (χ0v) is 7.67. The van der Waals surface area contributed by atoms with Gasteiger partial charge in [0.2, 0.25) is 0 Å². The zero-order valence-electron chi connectivity index (χ0n) is 7.67. The molecule has 0 N–H and O–H groups in total. The molecule has 0 atom stereocenters. The monoisotopic (exact) mass is 160 g/mol. The SMILES string of the molecule is C=C=[N+](C)Cc1cccc(C)c1. The van der Waals surface area contributed by atoms with Gasteiger partial charge < -0.3 is 0 Å². The molecule has 0 aliphatic heterocycles. The third-order valence-corrected chi connectivity index (χ3v) is 1.77. The molecule has 0 fully saturated rings. The molecule has 0 radical (unpaired) electrons. The van der Waals surface area contributed by atoms with Crippen LogP contribution in [0, 0.1) is 6.92 Å². The number of benzene rings is 1. The number of hydrogen-bond donors (Lipinski definition) is 0. The van der Waals surface area contributed by atoms with Crippen molar-refractivity contribution in [3.63, 3.8) is 0 Å². The summed E-state index contributed by atoms with van der Waals surface area (Å²) >= 11 is 0. The lowest BCUT2D eigenvalue weighted by Crippen LogP contribution is -2.02. The molecule has 0 saturated carbocycles. The van der Waals surface area contributed by atoms with Crippen LogP contribution in [0.4, 0.5) is 0 Å². The Morgan fingerprint density at radius 1 is 1.50 bits per heavy atom. The van der Waals surface area contributed by atoms with Crippen LogP contribution in [0.5, 0.6) is 0 Å². The van der Waals surface area contributed by atoms with E-state index in [-0.39, 0.29) is 0 Å². The van der Waals surface area contributed by atoms with Gasteiger partial charge in [-0.05, 0) is 13.0 Å². The van der Waals surface area contributed by atoms with Crippen molar-refractivity contribution in [2.24, 2.45) is 0 Å². The summed E-state index contributed by atoms with van der Waals surface area (Å²) in [4.78, 5) is 0. The van der Waals surface area contributed by atoms with E-state index < -0.39 is 0 Å². The average molecular weight is 160 g/mol. The van der Waals surface area contributed by atoms with Crippen molar-refractivity contribution in [3.05, 3.63) is 42.0 Å². The maximum Gasteiger partial charge on any atom is 0.177 e. The summed E-state index contributed by atoms with van der Waals surface area (Å²) in [5.41, 5.74) is 2.60. The van der Waals surface area contributed by atoms with Crippen molar-refractivity contribution in [2.75, 3.05) is 7.05 Å². The molecule has 0 spiro atoms. The molecule has 0 aliphatic rings. The summed E-state index contributed by atoms with van der Waals surface area (Å²) in [5.74, 6) is 2.82. The minimum Gasteiger partial charge on any atom is -0.187 e. The van der Waals surface area contributed by atoms with Gasteiger partial charge in [0.05, 0.1) is 0 Å². The third kappa shape index (κ3) is 2.37. The topological polar surface area (TPSA) is 3.01 Å². The molecule has 1 heteroatoms. The standard InChI is InChI=1S/C11H14N/c1-4-12(3)9-11-7-5-6-10(2)8-11/h5-8H,1,9H2,2-3H3/q+1. The molecule has 1 aromatic rings. The first-order valence-electron chi connectivity index (χ1n) is 4.02. The molecule has 0 aliphatic carbocycles. The molecule has 0 amide bonds. The molecule has 1 aromatic carbocycles. The summed E-state index contributed by atoms with van der Waals surface area (Å²) < 4.78 is 1.94. The van der Waals surface area contributed by atoms with E-state index in [9.17, 15) is 0 Å². The highest BCUT2D eigenvalue weighted by Gasteiger charge is 1.97. The Kier molecular flexibility index (Phi) is 2.84. The van der Waals surface area contributed by atoms with E-state index in [1.54, 1.807) is 0 Å². The fourth-order valence-electron chi connectivity index (χ4n) is 1.14. The molecular weight excluding hydrogens is 146 g/mol. The Balaban J connectivity index is 2.83. The normalized spacial score (nSPS) is 9.17. The number of hydrogen-bond acceptors (Lipinski definition) is 0. The Bertz CT molecular complexity index is 320. The smallest absolute Gasteiger partial charge is 0.177 e. The van der Waals surface area contributed by atoms with Crippen LogP contribution in [0.15, 0.2) is 30.8 Å². The fourth-order valence-corrected chi connectivity index (χ4v) is 1.14. The molecule has 0 heterocycles. The number of rotatable bonds is 2. The van der Waals surface area contributed by atoms with Gasteiger partial charge >= 0.3 is 0 Å². The molecule has 0 unspecified atom stereocenters. The van der Waals surface area contributed by atoms with E-state index in [2.05, 4.69) is 43.6 Å². The molecular formula is C11H14N+. The Morgan fingerprint density at radius 3 is 2.83 bits per heavy atom. The lowest BCUT2D eigenvalue weighted by atomic mass is 10.1. The lowest BCUT2D eigenvalue weighted by Gasteiger charge is -1.96. The molecule has 0 bridgehead atoms. The molecule has 12 heavy (non-hydrogen) atoms. The van der Waals surface area contributed by atoms with E-state index >= 15 is 0 Å². The Hall–Kier alpha value is -1.33. The van der Waals surface area contributed by atoms with Gasteiger partial charge in [0, 0.05) is 12.1 Å². The summed E-state index contributed by atoms with van der Waals surface area (Å²) in [6.45, 7) is 6.56. The minimum atomic E-state index is 0.880. The summed E-state index contributed by atoms with van der Waals surface area (Å²) in [5, 5.41) is 0. The highest BCUT2D eigenvalue weighted by molar-refractivity contribution is 5.39. The van der Waals surface area contributed by atoms with Crippen LogP contribution in [-0.2, 0) is 6.54 Å². The second-order valence-electron chi connectivity index (χ2n) is 3.00. The maximum absolute atomic E-state index is 3.58. The molecule has 0 aromatic heterocycles. The average Bonchev–Trinajstić information content (AvgIpc) is 2.04. The van der Waals surface area contributed by atoms with Crippen molar-refractivity contribution in [1.29, 1.82) is 0 Å². The van der Waals surface area contributed by atoms with Crippen LogP contribution >= 0.6 is 0 Å². The van der Waals surface area contributed by atoms with Crippen molar-refractivity contribution in [1.82, 2.24) is 0 Å². The van der Waals surface area contributed by atoms with Gasteiger partial charge in [-0.2, -0.15) is 4.58 Å². The van der Waals surface area contributed by atoms with Gasteiger partial charge in [0.25, 0.3) is 0 Å². The van der Waals surface area contributed by atoms with Crippen LogP contribution in [0.2, 0.25) is 0 Å². The highest BCUT2D eigenvalue weighted by Crippen LogP contribution is 2.03. The Morgan fingerprint density at radius 2 is 2.25 bits per heavy atom. The predicted molar refractivity (Wildman–Crippen MR) is 51.7 cm³/mol. The van der Waals surface area contributed by atoms with E-state index in [1.165, 1.54) is 11.1 Å². The van der Waals surface area contributed by atoms with E-state index in [1.807, 2.05) is 11.6 Å². The first-order chi connectivity index (χ1) is 5.72. The van der Waals surface area contributed by atoms with E-state index in [0.717, 1.165) is 6.54 Å². The number of aryl methyl sites for hydroxylation is 1. The quantitative estimate of drug-likeness (QED) is 0.460. The fraction of sp³-hybridized carbons (Fsp3) is 0.273. The minimum absolute atomic E-state index is 0.880. The molecule has 0 saturated heterocycles. The van der Waals surface area contributed by atoms with Crippen molar-refractivity contribution < 1.29 is 4.58 Å². The van der Waals surface area contributed by atoms with Gasteiger partial charge in [-0.1, -0.05) is 23.8 Å². The molecule has 62 valence electrons. The highest BCUT2D eigenvalue weighted by atomic mass is 14.9. The predicted octanol–water partition coefficient (Wildman–Crippen LogP) is 1.99. The summed E-state index contributed by atoms with van der Waals surface area (Å²) in [7, 11) is 1.97. The van der Waals surface area contributed by atoms with Gasteiger partial charge in [0.15, 0.2) is 12.4 Å². The van der Waals surface area contributed by atoms with Gasteiger partial charge in [-0.15, -0.1) is 0 Å². The second kappa shape index (κ2) is 3.89. The lowest BCUT2D eigenvalue weighted by molar-refractivity contribution is -0.506. The first kappa shape index (κ1) is 8.76. The molecule has 1 nitrogen and oxygen atoms in total. The zero-order chi connectivity index (χ0) is 8.97. The number of nitrogens with zero attached hydrogens (tertiary/aromatic N) is 1. The van der Waals surface area contributed by atoms with Crippen LogP contribution < -0.4 is 0 Å². The van der Waals surface area contributed by atoms with E-state index in [4.69, 9.17) is 0 Å². The first-order valence-corrected chi connectivity index (χ1v) is 4.02. The largest absolute Gasteiger partial charge is 0.187 e. The van der Waals surface area contributed by atoms with Crippen LogP contribution in [0.3, 0.4) is 0 Å². The third-order valence-electron chi connectivity index (χ3n) is 1.77. The van der Waals surface area contributed by atoms with Crippen molar-refractivity contribution in [2.45, 2.75) is 13.5 Å².